The van der Waals surface area contributed by atoms with Crippen LogP contribution in [0.5, 0.6) is 0 Å². The fourth-order valence-corrected chi connectivity index (χ4v) is 8.80. The lowest BCUT2D eigenvalue weighted by atomic mass is 9.79. The van der Waals surface area contributed by atoms with Gasteiger partial charge in [0.15, 0.2) is 5.78 Å². The molecule has 2 amide bonds. The number of nitrogens with zero attached hydrogens (tertiary/aromatic N) is 2. The Labute approximate surface area is 250 Å². The van der Waals surface area contributed by atoms with Crippen LogP contribution < -0.4 is 5.32 Å². The smallest absolute Gasteiger partial charge is 0.265 e. The molecule has 0 radical (unpaired) electrons. The van der Waals surface area contributed by atoms with Gasteiger partial charge in [0.2, 0.25) is 5.91 Å². The van der Waals surface area contributed by atoms with Crippen molar-refractivity contribution in [3.05, 3.63) is 102 Å². The number of carbonyl (C=O) groups excluding carboxylic acids is 3. The summed E-state index contributed by atoms with van der Waals surface area (Å²) in [5.74, 6) is -1.62. The van der Waals surface area contributed by atoms with E-state index in [-0.39, 0.29) is 17.6 Å². The second-order valence-corrected chi connectivity index (χ2v) is 13.4. The number of nitrogens with one attached hydrogen (secondary N) is 1. The molecular weight excluding hydrogens is 582 g/mol. The number of thiophene rings is 3. The number of Topliss-reactive ketones (excluding diaryl/α,β-unsaturated/α-hetero) is 1. The minimum Gasteiger partial charge on any atom is -0.338 e. The van der Waals surface area contributed by atoms with Crippen molar-refractivity contribution in [2.24, 2.45) is 5.92 Å². The highest BCUT2D eigenvalue weighted by molar-refractivity contribution is 7.12. The third-order valence-electron chi connectivity index (χ3n) is 7.77. The average molecular weight is 610 g/mol. The molecule has 0 saturated carbocycles. The Hall–Kier alpha value is -2.82. The summed E-state index contributed by atoms with van der Waals surface area (Å²) >= 11 is 10.8. The summed E-state index contributed by atoms with van der Waals surface area (Å²) in [5.41, 5.74) is 1.49. The molecule has 2 aliphatic rings. The summed E-state index contributed by atoms with van der Waals surface area (Å²) in [6.07, 6.45) is 0. The molecule has 5 heterocycles. The van der Waals surface area contributed by atoms with E-state index in [0.29, 0.717) is 41.6 Å². The molecule has 0 aliphatic carbocycles. The third-order valence-corrected chi connectivity index (χ3v) is 10.9. The normalized spacial score (nSPS) is 22.9. The van der Waals surface area contributed by atoms with E-state index in [9.17, 15) is 14.4 Å². The van der Waals surface area contributed by atoms with Crippen LogP contribution in [0.1, 0.15) is 47.3 Å². The molecule has 10 heteroatoms. The number of carbonyl (C=O) groups is 3. The van der Waals surface area contributed by atoms with Gasteiger partial charge in [0.05, 0.1) is 16.8 Å². The summed E-state index contributed by atoms with van der Waals surface area (Å²) < 4.78 is 0. The zero-order valence-electron chi connectivity index (χ0n) is 21.8. The number of ketones is 1. The van der Waals surface area contributed by atoms with E-state index in [1.807, 2.05) is 52.2 Å². The SMILES string of the molecule is Cc1ccsc1C1C(C(=O)c2cccc(Cl)c2)C(c2cccs2)C(C(=O)N2CCNCC2)N1C(=O)c1cccs1. The predicted molar refractivity (Wildman–Crippen MR) is 162 cm³/mol. The van der Waals surface area contributed by atoms with Gasteiger partial charge in [0.1, 0.15) is 6.04 Å². The van der Waals surface area contributed by atoms with Crippen molar-refractivity contribution >= 4 is 63.2 Å². The number of amides is 2. The zero-order valence-corrected chi connectivity index (χ0v) is 25.0. The summed E-state index contributed by atoms with van der Waals surface area (Å²) in [7, 11) is 0. The second kappa shape index (κ2) is 11.6. The minimum atomic E-state index is -0.828. The van der Waals surface area contributed by atoms with Crippen LogP contribution >= 0.6 is 45.6 Å². The third kappa shape index (κ3) is 4.94. The monoisotopic (exact) mass is 609 g/mol. The summed E-state index contributed by atoms with van der Waals surface area (Å²) in [6.45, 7) is 4.51. The Bertz CT molecular complexity index is 1510. The topological polar surface area (TPSA) is 69.7 Å². The summed E-state index contributed by atoms with van der Waals surface area (Å²) in [4.78, 5) is 49.6. The molecule has 4 atom stereocenters. The number of likely N-dealkylation sites (tertiary alicyclic amines) is 1. The molecule has 2 saturated heterocycles. The van der Waals surface area contributed by atoms with Crippen LogP contribution in [-0.2, 0) is 4.79 Å². The number of hydrogen-bond donors (Lipinski definition) is 1. The maximum atomic E-state index is 14.6. The van der Waals surface area contributed by atoms with Gasteiger partial charge in [-0.25, -0.2) is 0 Å². The Morgan fingerprint density at radius 1 is 0.925 bits per heavy atom. The number of rotatable bonds is 6. The fourth-order valence-electron chi connectivity index (χ4n) is 5.97. The fraction of sp³-hybridized carbons (Fsp3) is 0.300. The van der Waals surface area contributed by atoms with Crippen LogP contribution in [-0.4, -0.2) is 59.6 Å². The lowest BCUT2D eigenvalue weighted by Gasteiger charge is -2.36. The first-order valence-electron chi connectivity index (χ1n) is 13.2. The van der Waals surface area contributed by atoms with E-state index >= 15 is 0 Å². The largest absolute Gasteiger partial charge is 0.338 e. The van der Waals surface area contributed by atoms with Crippen LogP contribution in [0, 0.1) is 12.8 Å². The van der Waals surface area contributed by atoms with Crippen LogP contribution in [0.2, 0.25) is 5.02 Å². The molecule has 0 spiro atoms. The Morgan fingerprint density at radius 3 is 2.35 bits per heavy atom. The molecule has 40 heavy (non-hydrogen) atoms. The van der Waals surface area contributed by atoms with E-state index in [2.05, 4.69) is 5.32 Å². The van der Waals surface area contributed by atoms with Gasteiger partial charge >= 0.3 is 0 Å². The second-order valence-electron chi connectivity index (χ2n) is 10.1. The maximum Gasteiger partial charge on any atom is 0.265 e. The first-order valence-corrected chi connectivity index (χ1v) is 16.2. The molecule has 1 aromatic carbocycles. The number of hydrogen-bond acceptors (Lipinski definition) is 7. The predicted octanol–water partition coefficient (Wildman–Crippen LogP) is 6.11. The zero-order chi connectivity index (χ0) is 27.8. The van der Waals surface area contributed by atoms with Gasteiger partial charge in [-0.1, -0.05) is 35.9 Å². The standard InChI is InChI=1S/C30H28ClN3O3S3/c1-18-9-16-40-28(18)25-24(27(35)19-5-2-6-20(31)17-19)23(21-7-3-14-38-21)26(30(37)33-12-10-32-11-13-33)34(25)29(36)22-8-4-15-39-22/h2-9,14-17,23-26,32H,10-13H2,1H3. The van der Waals surface area contributed by atoms with Crippen molar-refractivity contribution in [3.63, 3.8) is 0 Å². The minimum absolute atomic E-state index is 0.106. The van der Waals surface area contributed by atoms with E-state index < -0.39 is 23.9 Å². The van der Waals surface area contributed by atoms with Gasteiger partial charge < -0.3 is 15.1 Å². The molecule has 4 aromatic rings. The molecule has 0 bridgehead atoms. The number of halogens is 1. The molecule has 2 fully saturated rings. The Balaban J connectivity index is 1.59. The molecule has 4 unspecified atom stereocenters. The van der Waals surface area contributed by atoms with Crippen molar-refractivity contribution in [1.29, 1.82) is 0 Å². The Morgan fingerprint density at radius 2 is 1.70 bits per heavy atom. The lowest BCUT2D eigenvalue weighted by molar-refractivity contribution is -0.136. The van der Waals surface area contributed by atoms with E-state index in [4.69, 9.17) is 11.6 Å². The van der Waals surface area contributed by atoms with Crippen LogP contribution in [0.4, 0.5) is 0 Å². The van der Waals surface area contributed by atoms with Crippen LogP contribution in [0.15, 0.2) is 70.7 Å². The molecule has 6 rings (SSSR count). The lowest BCUT2D eigenvalue weighted by Crippen LogP contribution is -2.54. The number of aryl methyl sites for hydroxylation is 1. The quantitative estimate of drug-likeness (QED) is 0.268. The Kier molecular flexibility index (Phi) is 7.92. The van der Waals surface area contributed by atoms with Gasteiger partial charge in [-0.2, -0.15) is 0 Å². The number of piperazine rings is 1. The first kappa shape index (κ1) is 27.4. The summed E-state index contributed by atoms with van der Waals surface area (Å²) in [5, 5.41) is 9.61. The van der Waals surface area contributed by atoms with Crippen LogP contribution in [0.3, 0.4) is 0 Å². The molecule has 2 aliphatic heterocycles. The highest BCUT2D eigenvalue weighted by Crippen LogP contribution is 2.54. The van der Waals surface area contributed by atoms with Gasteiger partial charge in [-0.3, -0.25) is 14.4 Å². The molecule has 3 aromatic heterocycles. The van der Waals surface area contributed by atoms with Crippen molar-refractivity contribution in [1.82, 2.24) is 15.1 Å². The average Bonchev–Trinajstić information content (AvgIpc) is 3.78. The van der Waals surface area contributed by atoms with Gasteiger partial charge in [0, 0.05) is 52.4 Å². The van der Waals surface area contributed by atoms with Crippen molar-refractivity contribution in [3.8, 4) is 0 Å². The van der Waals surface area contributed by atoms with E-state index in [0.717, 1.165) is 15.3 Å². The van der Waals surface area contributed by atoms with Gasteiger partial charge in [0.25, 0.3) is 5.91 Å². The number of benzene rings is 1. The van der Waals surface area contributed by atoms with Crippen LogP contribution in [0.25, 0.3) is 0 Å². The van der Waals surface area contributed by atoms with E-state index in [1.54, 1.807) is 35.2 Å². The molecule has 206 valence electrons. The van der Waals surface area contributed by atoms with Crippen molar-refractivity contribution in [2.75, 3.05) is 26.2 Å². The molecule has 1 N–H and O–H groups in total. The van der Waals surface area contributed by atoms with E-state index in [1.165, 1.54) is 34.0 Å². The maximum absolute atomic E-state index is 14.6. The highest BCUT2D eigenvalue weighted by atomic mass is 35.5. The molecule has 6 nitrogen and oxygen atoms in total. The summed E-state index contributed by atoms with van der Waals surface area (Å²) in [6, 6.07) is 15.1. The van der Waals surface area contributed by atoms with Crippen molar-refractivity contribution in [2.45, 2.75) is 24.9 Å². The first-order chi connectivity index (χ1) is 19.5. The highest BCUT2D eigenvalue weighted by Gasteiger charge is 2.59. The van der Waals surface area contributed by atoms with Gasteiger partial charge in [-0.05, 0) is 59.0 Å². The van der Waals surface area contributed by atoms with Crippen molar-refractivity contribution < 1.29 is 14.4 Å². The molecular formula is C30H28ClN3O3S3. The van der Waals surface area contributed by atoms with Gasteiger partial charge in [-0.15, -0.1) is 34.0 Å².